The summed E-state index contributed by atoms with van der Waals surface area (Å²) in [6.45, 7) is 0. The van der Waals surface area contributed by atoms with Gasteiger partial charge in [0.05, 0.1) is 16.7 Å². The summed E-state index contributed by atoms with van der Waals surface area (Å²) in [6.07, 6.45) is 1.52. The number of halogens is 1. The second-order valence-corrected chi connectivity index (χ2v) is 6.66. The molecule has 0 aliphatic carbocycles. The number of fused-ring (bicyclic) bond motifs is 3. The number of rotatable bonds is 4. The minimum absolute atomic E-state index is 0.0282. The van der Waals surface area contributed by atoms with Crippen LogP contribution in [0.1, 0.15) is 5.56 Å². The van der Waals surface area contributed by atoms with Crippen molar-refractivity contribution in [3.63, 3.8) is 0 Å². The van der Waals surface area contributed by atoms with Gasteiger partial charge in [0.2, 0.25) is 0 Å². The van der Waals surface area contributed by atoms with Gasteiger partial charge in [-0.05, 0) is 35.9 Å². The molecule has 0 aliphatic rings. The van der Waals surface area contributed by atoms with Crippen molar-refractivity contribution in [3.05, 3.63) is 62.6 Å². The van der Waals surface area contributed by atoms with Crippen molar-refractivity contribution in [3.8, 4) is 0 Å². The third-order valence-electron chi connectivity index (χ3n) is 4.04. The Morgan fingerprint density at radius 1 is 1.22 bits per heavy atom. The smallest absolute Gasteiger partial charge is 0.269 e. The van der Waals surface area contributed by atoms with Crippen molar-refractivity contribution >= 4 is 55.8 Å². The van der Waals surface area contributed by atoms with Crippen molar-refractivity contribution in [1.82, 2.24) is 19.7 Å². The lowest BCUT2D eigenvalue weighted by Gasteiger charge is -1.99. The molecular weight excluding hydrogens is 414 g/mol. The second kappa shape index (κ2) is 6.72. The molecule has 0 atom stereocenters. The van der Waals surface area contributed by atoms with Crippen molar-refractivity contribution < 1.29 is 4.92 Å². The Balaban J connectivity index is 1.60. The predicted octanol–water partition coefficient (Wildman–Crippen LogP) is 3.63. The van der Waals surface area contributed by atoms with Crippen LogP contribution in [0.2, 0.25) is 0 Å². The Kier molecular flexibility index (Phi) is 4.24. The lowest BCUT2D eigenvalue weighted by atomic mass is 10.2. The van der Waals surface area contributed by atoms with E-state index in [9.17, 15) is 10.1 Å². The molecule has 2 aromatic carbocycles. The molecule has 0 saturated carbocycles. The molecule has 0 bridgehead atoms. The van der Waals surface area contributed by atoms with E-state index in [4.69, 9.17) is 0 Å². The first-order valence-electron chi connectivity index (χ1n) is 7.85. The molecule has 0 fully saturated rings. The first kappa shape index (κ1) is 17.0. The van der Waals surface area contributed by atoms with Crippen LogP contribution in [0.25, 0.3) is 22.1 Å². The summed E-state index contributed by atoms with van der Waals surface area (Å²) in [5, 5.41) is 24.0. The third-order valence-corrected chi connectivity index (χ3v) is 4.54. The molecule has 4 aromatic rings. The van der Waals surface area contributed by atoms with Gasteiger partial charge in [0.15, 0.2) is 5.65 Å². The van der Waals surface area contributed by atoms with E-state index in [1.165, 1.54) is 18.3 Å². The van der Waals surface area contributed by atoms with Crippen molar-refractivity contribution in [2.24, 2.45) is 12.1 Å². The first-order valence-corrected chi connectivity index (χ1v) is 8.64. The van der Waals surface area contributed by atoms with E-state index >= 15 is 0 Å². The van der Waals surface area contributed by atoms with Gasteiger partial charge in [-0.25, -0.2) is 5.43 Å². The van der Waals surface area contributed by atoms with E-state index in [1.807, 2.05) is 29.8 Å². The van der Waals surface area contributed by atoms with E-state index in [0.29, 0.717) is 16.7 Å². The van der Waals surface area contributed by atoms with Crippen LogP contribution in [-0.2, 0) is 7.05 Å². The van der Waals surface area contributed by atoms with E-state index < -0.39 is 4.92 Å². The fraction of sp³-hybridized carbons (Fsp3) is 0.0588. The highest BCUT2D eigenvalue weighted by molar-refractivity contribution is 9.10. The summed E-state index contributed by atoms with van der Waals surface area (Å²) >= 11 is 3.46. The summed E-state index contributed by atoms with van der Waals surface area (Å²) in [5.41, 5.74) is 5.86. The van der Waals surface area contributed by atoms with Gasteiger partial charge in [-0.15, -0.1) is 10.2 Å². The molecule has 27 heavy (non-hydrogen) atoms. The van der Waals surface area contributed by atoms with E-state index in [2.05, 4.69) is 41.6 Å². The van der Waals surface area contributed by atoms with Crippen LogP contribution in [0.4, 0.5) is 11.6 Å². The van der Waals surface area contributed by atoms with Gasteiger partial charge in [0.25, 0.3) is 11.6 Å². The Morgan fingerprint density at radius 3 is 2.74 bits per heavy atom. The number of hydrogen-bond acceptors (Lipinski definition) is 7. The monoisotopic (exact) mass is 425 g/mol. The minimum Gasteiger partial charge on any atom is -0.327 e. The molecule has 0 spiro atoms. The van der Waals surface area contributed by atoms with Gasteiger partial charge in [0.1, 0.15) is 5.52 Å². The van der Waals surface area contributed by atoms with Gasteiger partial charge in [-0.3, -0.25) is 10.1 Å². The lowest BCUT2D eigenvalue weighted by molar-refractivity contribution is -0.384. The number of nitro groups is 1. The molecule has 0 radical (unpaired) electrons. The van der Waals surface area contributed by atoms with Crippen molar-refractivity contribution in [1.29, 1.82) is 0 Å². The maximum atomic E-state index is 10.7. The summed E-state index contributed by atoms with van der Waals surface area (Å²) in [4.78, 5) is 14.7. The largest absolute Gasteiger partial charge is 0.327 e. The van der Waals surface area contributed by atoms with Crippen LogP contribution in [0, 0.1) is 10.1 Å². The van der Waals surface area contributed by atoms with Crippen molar-refractivity contribution in [2.45, 2.75) is 0 Å². The molecule has 0 unspecified atom stereocenters. The zero-order chi connectivity index (χ0) is 19.0. The Bertz CT molecular complexity index is 1200. The Hall–Kier alpha value is -3.40. The number of benzene rings is 2. The third kappa shape index (κ3) is 3.22. The summed E-state index contributed by atoms with van der Waals surface area (Å²) < 4.78 is 2.90. The molecule has 0 amide bonds. The standard InChI is InChI=1S/C17H12BrN7O2/c1-24-14-7-4-11(18)8-13(14)15-16(24)20-17(23-21-15)22-19-9-10-2-5-12(6-3-10)25(26)27/h2-9H,1H3,(H,20,22,23). The number of anilines is 1. The van der Waals surface area contributed by atoms with Crippen LogP contribution in [0.3, 0.4) is 0 Å². The molecule has 134 valence electrons. The van der Waals surface area contributed by atoms with E-state index in [-0.39, 0.29) is 11.6 Å². The number of hydrogen-bond donors (Lipinski definition) is 1. The summed E-state index contributed by atoms with van der Waals surface area (Å²) in [5.74, 6) is 0.255. The Morgan fingerprint density at radius 2 is 2.00 bits per heavy atom. The molecule has 2 aromatic heterocycles. The topological polar surface area (TPSA) is 111 Å². The van der Waals surface area contributed by atoms with Gasteiger partial charge in [-0.1, -0.05) is 15.9 Å². The highest BCUT2D eigenvalue weighted by atomic mass is 79.9. The zero-order valence-electron chi connectivity index (χ0n) is 14.0. The molecule has 10 heteroatoms. The molecule has 2 heterocycles. The molecule has 0 saturated heterocycles. The number of nitro benzene ring substituents is 1. The van der Waals surface area contributed by atoms with Crippen LogP contribution < -0.4 is 5.43 Å². The number of nitrogens with one attached hydrogen (secondary N) is 1. The summed E-state index contributed by atoms with van der Waals surface area (Å²) in [6, 6.07) is 12.0. The normalized spacial score (nSPS) is 11.5. The minimum atomic E-state index is -0.448. The zero-order valence-corrected chi connectivity index (χ0v) is 15.6. The number of aromatic nitrogens is 4. The van der Waals surface area contributed by atoms with Gasteiger partial charge in [-0.2, -0.15) is 10.1 Å². The predicted molar refractivity (Wildman–Crippen MR) is 106 cm³/mol. The summed E-state index contributed by atoms with van der Waals surface area (Å²) in [7, 11) is 1.91. The van der Waals surface area contributed by atoms with Gasteiger partial charge < -0.3 is 4.57 Å². The van der Waals surface area contributed by atoms with Crippen LogP contribution in [0.5, 0.6) is 0 Å². The highest BCUT2D eigenvalue weighted by Gasteiger charge is 2.12. The molecule has 9 nitrogen and oxygen atoms in total. The first-order chi connectivity index (χ1) is 13.0. The number of nitrogens with zero attached hydrogens (tertiary/aromatic N) is 6. The average molecular weight is 426 g/mol. The van der Waals surface area contributed by atoms with Crippen LogP contribution in [-0.4, -0.2) is 30.9 Å². The van der Waals surface area contributed by atoms with Crippen molar-refractivity contribution in [2.75, 3.05) is 5.43 Å². The maximum Gasteiger partial charge on any atom is 0.269 e. The number of non-ortho nitro benzene ring substituents is 1. The number of aryl methyl sites for hydroxylation is 1. The molecule has 0 aliphatic heterocycles. The fourth-order valence-electron chi connectivity index (χ4n) is 2.72. The highest BCUT2D eigenvalue weighted by Crippen LogP contribution is 2.28. The van der Waals surface area contributed by atoms with E-state index in [1.54, 1.807) is 12.1 Å². The number of hydrazone groups is 1. The quantitative estimate of drug-likeness (QED) is 0.303. The average Bonchev–Trinajstić information content (AvgIpc) is 2.94. The van der Waals surface area contributed by atoms with Gasteiger partial charge >= 0.3 is 0 Å². The van der Waals surface area contributed by atoms with Crippen LogP contribution in [0.15, 0.2) is 52.0 Å². The molecular formula is C17H12BrN7O2. The Labute approximate surface area is 161 Å². The molecule has 1 N–H and O–H groups in total. The fourth-order valence-corrected chi connectivity index (χ4v) is 3.09. The van der Waals surface area contributed by atoms with E-state index in [0.717, 1.165) is 15.4 Å². The van der Waals surface area contributed by atoms with Gasteiger partial charge in [0, 0.05) is 29.0 Å². The second-order valence-electron chi connectivity index (χ2n) is 5.75. The maximum absolute atomic E-state index is 10.7. The van der Waals surface area contributed by atoms with Crippen LogP contribution >= 0.6 is 15.9 Å². The molecule has 4 rings (SSSR count). The lowest BCUT2D eigenvalue weighted by Crippen LogP contribution is -2.00. The SMILES string of the molecule is Cn1c2ccc(Br)cc2c2nnc(NN=Cc3ccc([N+](=O)[O-])cc3)nc21.